The topological polar surface area (TPSA) is 115 Å². The van der Waals surface area contributed by atoms with Crippen LogP contribution >= 0.6 is 11.3 Å². The molecule has 11 heteroatoms. The van der Waals surface area contributed by atoms with Crippen molar-refractivity contribution in [1.29, 1.82) is 0 Å². The Bertz CT molecular complexity index is 1230. The van der Waals surface area contributed by atoms with Crippen LogP contribution in [0.5, 0.6) is 0 Å². The third-order valence-electron chi connectivity index (χ3n) is 5.25. The van der Waals surface area contributed by atoms with Crippen molar-refractivity contribution in [2.75, 3.05) is 25.0 Å². The Morgan fingerprint density at radius 1 is 1.22 bits per heavy atom. The second-order valence-electron chi connectivity index (χ2n) is 7.23. The van der Waals surface area contributed by atoms with Crippen molar-refractivity contribution in [3.05, 3.63) is 46.1 Å². The molecular weight excluding hydrogens is 452 g/mol. The predicted molar refractivity (Wildman–Crippen MR) is 120 cm³/mol. The number of anilines is 1. The predicted octanol–water partition coefficient (Wildman–Crippen LogP) is 3.46. The molecule has 1 amide bonds. The molecule has 4 rings (SSSR count). The van der Waals surface area contributed by atoms with Gasteiger partial charge in [0.05, 0.1) is 23.7 Å². The molecule has 0 fully saturated rings. The fourth-order valence-corrected chi connectivity index (χ4v) is 6.24. The summed E-state index contributed by atoms with van der Waals surface area (Å²) in [6.07, 6.45) is 0.691. The number of carbonyl (C=O) groups is 1. The van der Waals surface area contributed by atoms with Gasteiger partial charge in [-0.1, -0.05) is 19.0 Å². The highest BCUT2D eigenvalue weighted by atomic mass is 32.2. The van der Waals surface area contributed by atoms with Crippen molar-refractivity contribution in [3.63, 3.8) is 0 Å². The van der Waals surface area contributed by atoms with Crippen LogP contribution in [0, 0.1) is 6.92 Å². The summed E-state index contributed by atoms with van der Waals surface area (Å²) in [5, 5.41) is 7.41. The number of thiophene rings is 1. The lowest BCUT2D eigenvalue weighted by Gasteiger charge is -2.18. The second kappa shape index (κ2) is 9.10. The summed E-state index contributed by atoms with van der Waals surface area (Å²) in [6.45, 7) is 7.13. The number of aromatic nitrogens is 2. The van der Waals surface area contributed by atoms with Gasteiger partial charge in [0.2, 0.25) is 10.0 Å². The van der Waals surface area contributed by atoms with E-state index < -0.39 is 10.0 Å². The van der Waals surface area contributed by atoms with Gasteiger partial charge >= 0.3 is 0 Å². The molecule has 32 heavy (non-hydrogen) atoms. The smallest absolute Gasteiger partial charge is 0.261 e. The molecule has 1 aromatic carbocycles. The van der Waals surface area contributed by atoms with E-state index in [0.29, 0.717) is 55.0 Å². The number of hydrogen-bond donors (Lipinski definition) is 1. The highest BCUT2D eigenvalue weighted by Gasteiger charge is 2.27. The number of sulfonamides is 1. The zero-order valence-corrected chi connectivity index (χ0v) is 19.7. The van der Waals surface area contributed by atoms with Crippen molar-refractivity contribution in [2.45, 2.75) is 38.7 Å². The molecule has 170 valence electrons. The van der Waals surface area contributed by atoms with Crippen LogP contribution in [-0.2, 0) is 27.8 Å². The number of amides is 1. The molecule has 1 aliphatic heterocycles. The zero-order valence-electron chi connectivity index (χ0n) is 18.0. The lowest BCUT2D eigenvalue weighted by atomic mass is 10.1. The molecule has 0 saturated heterocycles. The summed E-state index contributed by atoms with van der Waals surface area (Å²) >= 11 is 1.42. The Kier molecular flexibility index (Phi) is 6.42. The average molecular weight is 477 g/mol. The Labute approximate surface area is 190 Å². The van der Waals surface area contributed by atoms with Gasteiger partial charge in [-0.05, 0) is 43.2 Å². The average Bonchev–Trinajstić information content (AvgIpc) is 3.37. The molecule has 0 radical (unpaired) electrons. The zero-order chi connectivity index (χ0) is 22.9. The third kappa shape index (κ3) is 4.20. The van der Waals surface area contributed by atoms with Crippen molar-refractivity contribution < 1.29 is 22.5 Å². The third-order valence-corrected chi connectivity index (χ3v) is 8.43. The number of aryl methyl sites for hydroxylation is 1. The molecule has 0 atom stereocenters. The van der Waals surface area contributed by atoms with Crippen molar-refractivity contribution in [2.24, 2.45) is 0 Å². The Morgan fingerprint density at radius 3 is 2.56 bits per heavy atom. The summed E-state index contributed by atoms with van der Waals surface area (Å²) < 4.78 is 37.7. The molecule has 2 aromatic heterocycles. The first kappa shape index (κ1) is 22.6. The van der Waals surface area contributed by atoms with E-state index in [0.717, 1.165) is 16.0 Å². The van der Waals surface area contributed by atoms with Gasteiger partial charge in [-0.25, -0.2) is 8.42 Å². The Hall–Kier alpha value is -2.60. The van der Waals surface area contributed by atoms with E-state index in [2.05, 4.69) is 15.5 Å². The first-order valence-corrected chi connectivity index (χ1v) is 12.5. The van der Waals surface area contributed by atoms with E-state index in [1.807, 2.05) is 0 Å². The fourth-order valence-electron chi connectivity index (χ4n) is 3.61. The first-order valence-electron chi connectivity index (χ1n) is 10.3. The van der Waals surface area contributed by atoms with Crippen LogP contribution in [-0.4, -0.2) is 48.5 Å². The normalized spacial score (nSPS) is 13.9. The lowest BCUT2D eigenvalue weighted by Crippen LogP contribution is -2.30. The van der Waals surface area contributed by atoms with Crippen LogP contribution in [0.2, 0.25) is 0 Å². The number of ether oxygens (including phenoxy) is 1. The number of nitrogens with zero attached hydrogens (tertiary/aromatic N) is 3. The summed E-state index contributed by atoms with van der Waals surface area (Å²) in [7, 11) is -3.58. The Morgan fingerprint density at radius 2 is 1.94 bits per heavy atom. The number of carbonyl (C=O) groups excluding carboxylic acids is 1. The van der Waals surface area contributed by atoms with Crippen LogP contribution in [0.15, 0.2) is 33.7 Å². The Balaban J connectivity index is 1.62. The van der Waals surface area contributed by atoms with Gasteiger partial charge in [0.15, 0.2) is 5.82 Å². The van der Waals surface area contributed by atoms with E-state index in [4.69, 9.17) is 9.26 Å². The van der Waals surface area contributed by atoms with Crippen LogP contribution in [0.3, 0.4) is 0 Å². The SMILES string of the molecule is CCN(CC)S(=O)(=O)c1ccc(C(=O)Nc2sc3c(c2-c2nc(C)no2)CCOC3)cc1. The highest BCUT2D eigenvalue weighted by molar-refractivity contribution is 7.89. The first-order chi connectivity index (χ1) is 15.3. The maximum atomic E-state index is 13.0. The summed E-state index contributed by atoms with van der Waals surface area (Å²) in [5.41, 5.74) is 2.11. The fraction of sp³-hybridized carbons (Fsp3) is 0.381. The second-order valence-corrected chi connectivity index (χ2v) is 10.3. The molecular formula is C21H24N4O5S2. The van der Waals surface area contributed by atoms with Crippen LogP contribution in [0.4, 0.5) is 5.00 Å². The van der Waals surface area contributed by atoms with Crippen LogP contribution in [0.1, 0.15) is 40.5 Å². The molecule has 0 spiro atoms. The molecule has 1 N–H and O–H groups in total. The summed E-state index contributed by atoms with van der Waals surface area (Å²) in [5.74, 6) is 0.515. The molecule has 0 bridgehead atoms. The highest BCUT2D eigenvalue weighted by Crippen LogP contribution is 2.42. The van der Waals surface area contributed by atoms with Gasteiger partial charge < -0.3 is 14.6 Å². The molecule has 3 heterocycles. The maximum Gasteiger partial charge on any atom is 0.261 e. The molecule has 0 saturated carbocycles. The number of benzene rings is 1. The maximum absolute atomic E-state index is 13.0. The van der Waals surface area contributed by atoms with E-state index in [-0.39, 0.29) is 10.8 Å². The summed E-state index contributed by atoms with van der Waals surface area (Å²) in [4.78, 5) is 18.5. The van der Waals surface area contributed by atoms with Gasteiger partial charge in [0.1, 0.15) is 5.00 Å². The van der Waals surface area contributed by atoms with Crippen molar-refractivity contribution in [1.82, 2.24) is 14.4 Å². The van der Waals surface area contributed by atoms with E-state index in [1.54, 1.807) is 20.8 Å². The van der Waals surface area contributed by atoms with E-state index >= 15 is 0 Å². The van der Waals surface area contributed by atoms with Crippen molar-refractivity contribution >= 4 is 32.3 Å². The molecule has 3 aromatic rings. The molecule has 0 unspecified atom stereocenters. The van der Waals surface area contributed by atoms with Gasteiger partial charge in [0, 0.05) is 23.5 Å². The van der Waals surface area contributed by atoms with Gasteiger partial charge in [0.25, 0.3) is 11.8 Å². The van der Waals surface area contributed by atoms with Gasteiger partial charge in [-0.3, -0.25) is 4.79 Å². The minimum atomic E-state index is -3.58. The van der Waals surface area contributed by atoms with E-state index in [9.17, 15) is 13.2 Å². The number of rotatable bonds is 7. The van der Waals surface area contributed by atoms with E-state index in [1.165, 1.54) is 39.9 Å². The van der Waals surface area contributed by atoms with Crippen LogP contribution in [0.25, 0.3) is 11.5 Å². The van der Waals surface area contributed by atoms with Gasteiger partial charge in [-0.2, -0.15) is 9.29 Å². The lowest BCUT2D eigenvalue weighted by molar-refractivity contribution is 0.102. The molecule has 0 aliphatic carbocycles. The number of fused-ring (bicyclic) bond motifs is 1. The monoisotopic (exact) mass is 476 g/mol. The molecule has 9 nitrogen and oxygen atoms in total. The van der Waals surface area contributed by atoms with Gasteiger partial charge in [-0.15, -0.1) is 11.3 Å². The van der Waals surface area contributed by atoms with Crippen LogP contribution < -0.4 is 5.32 Å². The van der Waals surface area contributed by atoms with Crippen molar-refractivity contribution in [3.8, 4) is 11.5 Å². The summed E-state index contributed by atoms with van der Waals surface area (Å²) in [6, 6.07) is 5.94. The number of nitrogens with one attached hydrogen (secondary N) is 1. The minimum Gasteiger partial charge on any atom is -0.376 e. The number of hydrogen-bond acceptors (Lipinski definition) is 8. The minimum absolute atomic E-state index is 0.156. The molecule has 1 aliphatic rings. The quantitative estimate of drug-likeness (QED) is 0.555. The largest absolute Gasteiger partial charge is 0.376 e. The standard InChI is InChI=1S/C21H24N4O5S2/c1-4-25(5-2)32(27,28)15-8-6-14(7-9-15)19(26)23-21-18(20-22-13(3)24-30-20)16-10-11-29-12-17(16)31-21/h6-9H,4-5,10-12H2,1-3H3,(H,23,26).